The first-order chi connectivity index (χ1) is 13.5. The van der Waals surface area contributed by atoms with Gasteiger partial charge in [0.2, 0.25) is 5.91 Å². The number of nitrogens with one attached hydrogen (secondary N) is 2. The second-order valence-corrected chi connectivity index (χ2v) is 7.15. The highest BCUT2D eigenvalue weighted by Gasteiger charge is 2.24. The zero-order chi connectivity index (χ0) is 20.1. The Bertz CT molecular complexity index is 898. The van der Waals surface area contributed by atoms with Crippen LogP contribution in [0.2, 0.25) is 0 Å². The number of amides is 2. The maximum absolute atomic E-state index is 12.3. The van der Waals surface area contributed by atoms with Gasteiger partial charge in [0.1, 0.15) is 5.75 Å². The predicted molar refractivity (Wildman–Crippen MR) is 106 cm³/mol. The monoisotopic (exact) mass is 446 g/mol. The fourth-order valence-corrected chi connectivity index (χ4v) is 3.12. The van der Waals surface area contributed by atoms with E-state index < -0.39 is 17.9 Å². The molecule has 1 unspecified atom stereocenters. The fraction of sp³-hybridized carbons (Fsp3) is 0.250. The average Bonchev–Trinajstić information content (AvgIpc) is 2.70. The Hall–Kier alpha value is -2.87. The lowest BCUT2D eigenvalue weighted by Crippen LogP contribution is -2.37. The molecule has 2 amide bonds. The Labute approximate surface area is 170 Å². The molecule has 1 aliphatic rings. The van der Waals surface area contributed by atoms with Crippen LogP contribution >= 0.6 is 15.9 Å². The van der Waals surface area contributed by atoms with Crippen LogP contribution in [0.3, 0.4) is 0 Å². The molecule has 0 aliphatic carbocycles. The summed E-state index contributed by atoms with van der Waals surface area (Å²) in [6.07, 6.45) is 1.05. The van der Waals surface area contributed by atoms with Gasteiger partial charge in [-0.2, -0.15) is 0 Å². The molecule has 3 rings (SSSR count). The lowest BCUT2D eigenvalue weighted by molar-refractivity contribution is -0.145. The maximum atomic E-state index is 12.3. The lowest BCUT2D eigenvalue weighted by Gasteiger charge is -2.19. The van der Waals surface area contributed by atoms with Gasteiger partial charge in [0.05, 0.1) is 7.11 Å². The summed E-state index contributed by atoms with van der Waals surface area (Å²) >= 11 is 3.33. The summed E-state index contributed by atoms with van der Waals surface area (Å²) in [4.78, 5) is 35.8. The Morgan fingerprint density at radius 2 is 1.93 bits per heavy atom. The van der Waals surface area contributed by atoms with Gasteiger partial charge in [-0.25, -0.2) is 4.79 Å². The highest BCUT2D eigenvalue weighted by molar-refractivity contribution is 9.10. The van der Waals surface area contributed by atoms with Gasteiger partial charge in [0.25, 0.3) is 5.91 Å². The summed E-state index contributed by atoms with van der Waals surface area (Å²) in [5.74, 6) is -0.518. The second kappa shape index (κ2) is 8.88. The molecular weight excluding hydrogens is 428 g/mol. The van der Waals surface area contributed by atoms with E-state index in [9.17, 15) is 14.4 Å². The predicted octanol–water partition coefficient (Wildman–Crippen LogP) is 2.74. The molecule has 0 saturated carbocycles. The summed E-state index contributed by atoms with van der Waals surface area (Å²) in [6.45, 7) is -0.255. The van der Waals surface area contributed by atoms with Crippen LogP contribution in [0, 0.1) is 0 Å². The van der Waals surface area contributed by atoms with Gasteiger partial charge in [0, 0.05) is 16.6 Å². The van der Waals surface area contributed by atoms with Crippen molar-refractivity contribution in [1.82, 2.24) is 5.32 Å². The van der Waals surface area contributed by atoms with Crippen molar-refractivity contribution < 1.29 is 23.9 Å². The molecule has 0 spiro atoms. The summed E-state index contributed by atoms with van der Waals surface area (Å²) in [5.41, 5.74) is 2.32. The van der Waals surface area contributed by atoms with E-state index in [-0.39, 0.29) is 12.5 Å². The molecule has 0 fully saturated rings. The number of fused-ring (bicyclic) bond motifs is 1. The van der Waals surface area contributed by atoms with E-state index in [0.717, 1.165) is 15.7 Å². The molecule has 8 heteroatoms. The second-order valence-electron chi connectivity index (χ2n) is 6.23. The molecule has 28 heavy (non-hydrogen) atoms. The smallest absolute Gasteiger partial charge is 0.333 e. The van der Waals surface area contributed by atoms with E-state index in [1.165, 1.54) is 7.11 Å². The lowest BCUT2D eigenvalue weighted by atomic mass is 10.0. The third-order valence-corrected chi connectivity index (χ3v) is 4.82. The standard InChI is InChI=1S/C20H19BrN2O5/c1-27-20(26)19(12-2-5-14(21)6-3-12)23-18(25)11-28-15-7-8-16-13(10-15)4-9-17(24)22-16/h2-3,5-8,10,19H,4,9,11H2,1H3,(H,22,24)(H,23,25). The van der Waals surface area contributed by atoms with Crippen LogP contribution in [-0.2, 0) is 25.5 Å². The number of halogens is 1. The number of aryl methyl sites for hydroxylation is 1. The molecule has 0 bridgehead atoms. The van der Waals surface area contributed by atoms with Gasteiger partial charge in [-0.1, -0.05) is 28.1 Å². The van der Waals surface area contributed by atoms with E-state index in [1.807, 2.05) is 0 Å². The summed E-state index contributed by atoms with van der Waals surface area (Å²) in [6, 6.07) is 11.3. The van der Waals surface area contributed by atoms with Crippen molar-refractivity contribution in [2.75, 3.05) is 19.0 Å². The third-order valence-electron chi connectivity index (χ3n) is 4.29. The Balaban J connectivity index is 1.62. The summed E-state index contributed by atoms with van der Waals surface area (Å²) < 4.78 is 11.2. The van der Waals surface area contributed by atoms with E-state index in [1.54, 1.807) is 42.5 Å². The highest BCUT2D eigenvalue weighted by atomic mass is 79.9. The Kier molecular flexibility index (Phi) is 6.30. The van der Waals surface area contributed by atoms with Crippen LogP contribution in [0.1, 0.15) is 23.6 Å². The van der Waals surface area contributed by atoms with Crippen LogP contribution < -0.4 is 15.4 Å². The number of carbonyl (C=O) groups excluding carboxylic acids is 3. The topological polar surface area (TPSA) is 93.7 Å². The third kappa shape index (κ3) is 4.89. The van der Waals surface area contributed by atoms with Gasteiger partial charge in [-0.05, 0) is 47.9 Å². The van der Waals surface area contributed by atoms with Crippen molar-refractivity contribution in [2.24, 2.45) is 0 Å². The van der Waals surface area contributed by atoms with Gasteiger partial charge >= 0.3 is 5.97 Å². The van der Waals surface area contributed by atoms with Gasteiger partial charge in [-0.3, -0.25) is 9.59 Å². The number of hydrogen-bond acceptors (Lipinski definition) is 5. The molecule has 146 valence electrons. The number of esters is 1. The normalized spacial score (nSPS) is 13.7. The van der Waals surface area contributed by atoms with Gasteiger partial charge in [0.15, 0.2) is 12.6 Å². The summed E-state index contributed by atoms with van der Waals surface area (Å²) in [7, 11) is 1.27. The van der Waals surface area contributed by atoms with Gasteiger partial charge in [-0.15, -0.1) is 0 Å². The maximum Gasteiger partial charge on any atom is 0.333 e. The van der Waals surface area contributed by atoms with E-state index >= 15 is 0 Å². The number of hydrogen-bond donors (Lipinski definition) is 2. The number of carbonyl (C=O) groups is 3. The Morgan fingerprint density at radius 3 is 2.64 bits per heavy atom. The first-order valence-electron chi connectivity index (χ1n) is 8.64. The molecule has 0 radical (unpaired) electrons. The van der Waals surface area contributed by atoms with Crippen LogP contribution in [0.4, 0.5) is 5.69 Å². The van der Waals surface area contributed by atoms with Crippen LogP contribution in [-0.4, -0.2) is 31.5 Å². The van der Waals surface area contributed by atoms with Crippen molar-refractivity contribution >= 4 is 39.4 Å². The molecule has 7 nitrogen and oxygen atoms in total. The minimum Gasteiger partial charge on any atom is -0.484 e. The van der Waals surface area contributed by atoms with Crippen molar-refractivity contribution in [1.29, 1.82) is 0 Å². The van der Waals surface area contributed by atoms with Crippen LogP contribution in [0.15, 0.2) is 46.9 Å². The fourth-order valence-electron chi connectivity index (χ4n) is 2.85. The number of ether oxygens (including phenoxy) is 2. The first-order valence-corrected chi connectivity index (χ1v) is 9.44. The molecule has 2 aromatic rings. The quantitative estimate of drug-likeness (QED) is 0.665. The molecule has 0 saturated heterocycles. The molecule has 0 aromatic heterocycles. The highest BCUT2D eigenvalue weighted by Crippen LogP contribution is 2.26. The van der Waals surface area contributed by atoms with E-state index in [0.29, 0.717) is 24.2 Å². The number of anilines is 1. The van der Waals surface area contributed by atoms with Crippen LogP contribution in [0.25, 0.3) is 0 Å². The molecule has 1 heterocycles. The largest absolute Gasteiger partial charge is 0.484 e. The van der Waals surface area contributed by atoms with E-state index in [4.69, 9.17) is 9.47 Å². The molecule has 2 aromatic carbocycles. The number of rotatable bonds is 6. The molecule has 1 atom stereocenters. The van der Waals surface area contributed by atoms with Crippen LogP contribution in [0.5, 0.6) is 5.75 Å². The summed E-state index contributed by atoms with van der Waals surface area (Å²) in [5, 5.41) is 5.42. The number of methoxy groups -OCH3 is 1. The average molecular weight is 447 g/mol. The van der Waals surface area contributed by atoms with E-state index in [2.05, 4.69) is 26.6 Å². The molecule has 2 N–H and O–H groups in total. The number of benzene rings is 2. The zero-order valence-electron chi connectivity index (χ0n) is 15.2. The first kappa shape index (κ1) is 19.9. The SMILES string of the molecule is COC(=O)C(NC(=O)COc1ccc2c(c1)CCC(=O)N2)c1ccc(Br)cc1. The van der Waals surface area contributed by atoms with Crippen molar-refractivity contribution in [3.63, 3.8) is 0 Å². The van der Waals surface area contributed by atoms with Crippen molar-refractivity contribution in [3.05, 3.63) is 58.1 Å². The van der Waals surface area contributed by atoms with Crippen molar-refractivity contribution in [3.8, 4) is 5.75 Å². The molecule has 1 aliphatic heterocycles. The Morgan fingerprint density at radius 1 is 1.18 bits per heavy atom. The minimum absolute atomic E-state index is 0.0117. The van der Waals surface area contributed by atoms with Crippen molar-refractivity contribution in [2.45, 2.75) is 18.9 Å². The minimum atomic E-state index is -0.923. The zero-order valence-corrected chi connectivity index (χ0v) is 16.7. The molecular formula is C20H19BrN2O5. The van der Waals surface area contributed by atoms with Gasteiger partial charge < -0.3 is 20.1 Å².